The summed E-state index contributed by atoms with van der Waals surface area (Å²) in [6.45, 7) is 6.15. The number of carbonyl (C=O) groups is 1. The van der Waals surface area contributed by atoms with Gasteiger partial charge in [-0.05, 0) is 183 Å². The van der Waals surface area contributed by atoms with Gasteiger partial charge in [0.2, 0.25) is 12.0 Å². The quantitative estimate of drug-likeness (QED) is 0.0649. The van der Waals surface area contributed by atoms with Gasteiger partial charge in [-0.1, -0.05) is 59.9 Å². The van der Waals surface area contributed by atoms with Gasteiger partial charge >= 0.3 is 5.97 Å². The van der Waals surface area contributed by atoms with Crippen molar-refractivity contribution < 1.29 is 63.9 Å². The number of carbonyl (C=O) groups excluding carboxylic acids is 1. The van der Waals surface area contributed by atoms with E-state index in [1.807, 2.05) is 37.0 Å². The third-order valence-electron chi connectivity index (χ3n) is 20.8. The number of rotatable bonds is 12. The van der Waals surface area contributed by atoms with Gasteiger partial charge in [-0.15, -0.1) is 0 Å². The Kier molecular flexibility index (Phi) is 17.8. The van der Waals surface area contributed by atoms with Crippen LogP contribution >= 0.6 is 21.6 Å². The van der Waals surface area contributed by atoms with Crippen LogP contribution in [-0.4, -0.2) is 159 Å². The molecule has 10 N–H and O–H groups in total. The van der Waals surface area contributed by atoms with Crippen LogP contribution in [0.15, 0.2) is 35.0 Å². The van der Waals surface area contributed by atoms with Gasteiger partial charge in [0.15, 0.2) is 16.9 Å². The van der Waals surface area contributed by atoms with Crippen molar-refractivity contribution in [2.24, 2.45) is 46.8 Å². The van der Waals surface area contributed by atoms with Crippen molar-refractivity contribution in [1.82, 2.24) is 16.0 Å². The highest BCUT2D eigenvalue weighted by Crippen LogP contribution is 2.69. The molecule has 5 bridgehead atoms. The molecule has 18 atom stereocenters. The first-order valence-electron chi connectivity index (χ1n) is 29.5. The molecule has 4 saturated carbocycles. The normalized spacial score (nSPS) is 43.4. The van der Waals surface area contributed by atoms with E-state index in [2.05, 4.69) is 22.9 Å². The first-order valence-corrected chi connectivity index (χ1v) is 31.8. The zero-order chi connectivity index (χ0) is 54.4. The predicted octanol–water partition coefficient (Wildman–Crippen LogP) is 6.17. The van der Waals surface area contributed by atoms with Crippen LogP contribution in [0.1, 0.15) is 135 Å². The average Bonchev–Trinajstić information content (AvgIpc) is 4.30. The van der Waals surface area contributed by atoms with E-state index in [1.54, 1.807) is 36.1 Å². The summed E-state index contributed by atoms with van der Waals surface area (Å²) in [6.07, 6.45) is 12.5. The molecule has 4 heterocycles. The fraction of sp³-hybridized carbons (Fsp3) is 0.814. The number of esters is 1. The third kappa shape index (κ3) is 10.6. The van der Waals surface area contributed by atoms with E-state index in [1.165, 1.54) is 0 Å². The number of fused-ring (bicyclic) bond motifs is 11. The van der Waals surface area contributed by atoms with Gasteiger partial charge in [0.25, 0.3) is 0 Å². The molecule has 0 unspecified atom stereocenters. The molecule has 0 radical (unpaired) electrons. The van der Waals surface area contributed by atoms with Crippen LogP contribution in [0.4, 0.5) is 0 Å². The molecule has 1 aromatic heterocycles. The molecule has 3 aliphatic heterocycles. The minimum atomic E-state index is -2.49. The van der Waals surface area contributed by atoms with Gasteiger partial charge < -0.3 is 75.1 Å². The molecule has 5 aliphatic carbocycles. The minimum Gasteiger partial charge on any atom is -0.485 e. The molecule has 10 rings (SSSR count). The monoisotopic (exact) mass is 1110 g/mol. The second-order valence-electron chi connectivity index (χ2n) is 25.3. The van der Waals surface area contributed by atoms with E-state index in [9.17, 15) is 40.5 Å². The lowest BCUT2D eigenvalue weighted by Crippen LogP contribution is -2.86. The summed E-state index contributed by atoms with van der Waals surface area (Å²) in [6, 6.07) is 3.64. The van der Waals surface area contributed by atoms with E-state index in [0.717, 1.165) is 96.6 Å². The fourth-order valence-electron chi connectivity index (χ4n) is 17.0. The van der Waals surface area contributed by atoms with Crippen LogP contribution in [0.5, 0.6) is 11.5 Å². The molecule has 77 heavy (non-hydrogen) atoms. The van der Waals surface area contributed by atoms with Gasteiger partial charge in [-0.2, -0.15) is 0 Å². The Morgan fingerprint density at radius 1 is 0.922 bits per heavy atom. The van der Waals surface area contributed by atoms with Crippen LogP contribution in [0, 0.1) is 46.8 Å². The van der Waals surface area contributed by atoms with Gasteiger partial charge in [0.05, 0.1) is 30.7 Å². The van der Waals surface area contributed by atoms with E-state index in [0.29, 0.717) is 53.7 Å². The molecule has 1 aromatic carbocycles. The number of ether oxygens (including phenoxy) is 4. The lowest BCUT2D eigenvalue weighted by molar-refractivity contribution is -0.424. The molecular weight excluding hydrogens is 1020 g/mol. The summed E-state index contributed by atoms with van der Waals surface area (Å²) in [5.74, 6) is -1.47. The summed E-state index contributed by atoms with van der Waals surface area (Å²) >= 11 is 0. The lowest BCUT2D eigenvalue weighted by Gasteiger charge is -2.67. The maximum Gasteiger partial charge on any atom is 0.306 e. The second-order valence-corrected chi connectivity index (χ2v) is 27.9. The molecular formula is C59H91N3O13S2. The molecule has 432 valence electrons. The highest BCUT2D eigenvalue weighted by Gasteiger charge is 2.78. The van der Waals surface area contributed by atoms with Crippen molar-refractivity contribution in [2.75, 3.05) is 59.3 Å². The Morgan fingerprint density at radius 3 is 2.51 bits per heavy atom. The molecule has 18 heteroatoms. The predicted molar refractivity (Wildman–Crippen MR) is 297 cm³/mol. The summed E-state index contributed by atoms with van der Waals surface area (Å²) in [5.41, 5.74) is -6.61. The largest absolute Gasteiger partial charge is 0.485 e. The SMILES string of the molecule is CCOC(=O)CCc1cc2ccoc2c2c1O[C@@H]1O[C@@]3(CSS[C@]4(CC[C@]5(CC[C@@H](CNC)C5)[C@@H]4CC[C@@]4(O)CCC[C@@H](CNC)C4)[C@H](CC[C@H](C)CCC[C@H]3O)NCCO2)[C@]2(O)C[C@@H]3C=C[C@@H](O)[C@H](CO)[C@H]3[C@@]1(O)[C@H]2O. The maximum atomic E-state index is 13.8. The number of aryl methyl sites for hydroxylation is 1. The first-order chi connectivity index (χ1) is 37.0. The van der Waals surface area contributed by atoms with E-state index >= 15 is 0 Å². The minimum absolute atomic E-state index is 0.00748. The number of nitrogens with one attached hydrogen (secondary N) is 3. The van der Waals surface area contributed by atoms with Crippen LogP contribution in [0.25, 0.3) is 11.0 Å². The van der Waals surface area contributed by atoms with Crippen LogP contribution in [0.2, 0.25) is 0 Å². The summed E-state index contributed by atoms with van der Waals surface area (Å²) in [5, 5.41) is 101. The highest BCUT2D eigenvalue weighted by atomic mass is 33.1. The number of benzene rings is 1. The Labute approximate surface area is 463 Å². The smallest absolute Gasteiger partial charge is 0.306 e. The topological polar surface area (TPSA) is 245 Å². The first kappa shape index (κ1) is 58.0. The van der Waals surface area contributed by atoms with Gasteiger partial charge in [-0.25, -0.2) is 0 Å². The molecule has 0 amide bonds. The van der Waals surface area contributed by atoms with Gasteiger partial charge in [0, 0.05) is 53.3 Å². The Balaban J connectivity index is 1.15. The Morgan fingerprint density at radius 2 is 1.73 bits per heavy atom. The number of aliphatic hydroxyl groups is 7. The molecule has 2 aromatic rings. The number of furan rings is 1. The van der Waals surface area contributed by atoms with Gasteiger partial charge in [0.1, 0.15) is 23.9 Å². The van der Waals surface area contributed by atoms with Crippen molar-refractivity contribution >= 4 is 38.5 Å². The number of allylic oxidation sites excluding steroid dienone is 1. The van der Waals surface area contributed by atoms with Crippen molar-refractivity contribution in [2.45, 2.75) is 194 Å². The van der Waals surface area contributed by atoms with Crippen LogP contribution < -0.4 is 25.4 Å². The van der Waals surface area contributed by atoms with Gasteiger partial charge in [-0.3, -0.25) is 4.79 Å². The molecule has 3 spiro atoms. The van der Waals surface area contributed by atoms with Crippen molar-refractivity contribution in [3.63, 3.8) is 0 Å². The summed E-state index contributed by atoms with van der Waals surface area (Å²) < 4.78 is 32.6. The van der Waals surface area contributed by atoms with Crippen molar-refractivity contribution in [3.05, 3.63) is 36.1 Å². The fourth-order valence-corrected chi connectivity index (χ4v) is 21.3. The number of hydrogen-bond donors (Lipinski definition) is 10. The van der Waals surface area contributed by atoms with Crippen molar-refractivity contribution in [1.29, 1.82) is 0 Å². The van der Waals surface area contributed by atoms with E-state index in [-0.39, 0.29) is 73.5 Å². The van der Waals surface area contributed by atoms with E-state index < -0.39 is 82.1 Å². The van der Waals surface area contributed by atoms with Crippen molar-refractivity contribution in [3.8, 4) is 11.5 Å². The highest BCUT2D eigenvalue weighted by molar-refractivity contribution is 8.77. The van der Waals surface area contributed by atoms with Crippen LogP contribution in [0.3, 0.4) is 0 Å². The Hall–Kier alpha value is -2.17. The standard InChI is InChI=1S/C59H91N3O13S2/c1-5-71-47(66)16-13-39-28-40-19-26-72-49(40)51-50(39)74-53-59(70)48-41(12-14-43(64)42(48)34-63)31-57(69,52(59)67)58(75-53)35-76-77-56(45(62-25-27-73-51)15-11-36(2)8-6-10-46(58)65)24-23-54(21-17-38(29-54)33-61-4)44(56)18-22-55(68)20-7-9-37(30-55)32-60-3/h12,14,19,26,28,36-38,41-46,48,52-53,60-65,67-70H,5-11,13,15-18,20-25,27,29-35H2,1-4H3/t36-,37-,38-,41+,42+,43-,44+,45+,46-,48+,52+,53-,54+,55+,56+,57+,58-,59-/m1/s1. The Bertz CT molecular complexity index is 2380. The maximum absolute atomic E-state index is 13.8. The summed E-state index contributed by atoms with van der Waals surface area (Å²) in [4.78, 5) is 13.1. The van der Waals surface area contributed by atoms with E-state index in [4.69, 9.17) is 23.4 Å². The molecule has 16 nitrogen and oxygen atoms in total. The zero-order valence-corrected chi connectivity index (χ0v) is 47.7. The third-order valence-corrected chi connectivity index (χ3v) is 24.1. The summed E-state index contributed by atoms with van der Waals surface area (Å²) in [7, 11) is 7.45. The molecule has 2 saturated heterocycles. The lowest BCUT2D eigenvalue weighted by atomic mass is 9.50. The number of hydrogen-bond acceptors (Lipinski definition) is 18. The second kappa shape index (κ2) is 23.6. The molecule has 6 fully saturated rings. The molecule has 8 aliphatic rings. The number of aliphatic hydroxyl groups excluding tert-OH is 4. The zero-order valence-electron chi connectivity index (χ0n) is 46.1. The van der Waals surface area contributed by atoms with Crippen LogP contribution in [-0.2, 0) is 20.7 Å². The average molecular weight is 1110 g/mol.